The molecule has 0 spiro atoms. The van der Waals surface area contributed by atoms with E-state index < -0.39 is 0 Å². The molecule has 0 aromatic rings. The zero-order valence-corrected chi connectivity index (χ0v) is 17.7. The normalized spacial score (nSPS) is 23.8. The molecule has 1 heterocycles. The molecule has 26 heavy (non-hydrogen) atoms. The Morgan fingerprint density at radius 1 is 0.731 bits per heavy atom. The first-order chi connectivity index (χ1) is 12.7. The van der Waals surface area contributed by atoms with Crippen LogP contribution in [0.1, 0.15) is 117 Å². The molecule has 0 aliphatic carbocycles. The van der Waals surface area contributed by atoms with Crippen molar-refractivity contribution < 1.29 is 10.2 Å². The average molecular weight is 370 g/mol. The lowest BCUT2D eigenvalue weighted by Crippen LogP contribution is -2.66. The highest BCUT2D eigenvalue weighted by Crippen LogP contribution is 2.20. The molecule has 0 unspecified atom stereocenters. The lowest BCUT2D eigenvalue weighted by atomic mass is 9.89. The van der Waals surface area contributed by atoms with E-state index in [1.54, 1.807) is 0 Å². The minimum Gasteiger partial charge on any atom is -0.395 e. The summed E-state index contributed by atoms with van der Waals surface area (Å²) in [6.45, 7) is 4.78. The Bertz CT molecular complexity index is 311. The van der Waals surface area contributed by atoms with Crippen LogP contribution in [0.2, 0.25) is 0 Å². The lowest BCUT2D eigenvalue weighted by Gasteiger charge is -2.42. The highest BCUT2D eigenvalue weighted by atomic mass is 16.3. The van der Waals surface area contributed by atoms with Gasteiger partial charge in [-0.05, 0) is 12.3 Å². The molecule has 4 atom stereocenters. The first-order valence-electron chi connectivity index (χ1n) is 11.7. The molecule has 0 bridgehead atoms. The van der Waals surface area contributed by atoms with Gasteiger partial charge in [0.25, 0.3) is 0 Å². The van der Waals surface area contributed by atoms with E-state index >= 15 is 0 Å². The molecule has 0 aromatic carbocycles. The standard InChI is InChI=1S/C23H47NO2/c1-3-4-5-13-16-20(2)17-14-11-9-7-6-8-10-12-15-18-21-23(26)22(19-25)24-21/h20-26H,3-19H2,1-2H3/t20-,21-,22-,23+/m0/s1. The monoisotopic (exact) mass is 369 g/mol. The highest BCUT2D eigenvalue weighted by Gasteiger charge is 2.37. The number of unbranched alkanes of at least 4 members (excludes halogenated alkanes) is 11. The minimum atomic E-state index is -0.334. The number of aliphatic hydroxyl groups excluding tert-OH is 2. The van der Waals surface area contributed by atoms with Crippen LogP contribution in [0.4, 0.5) is 0 Å². The van der Waals surface area contributed by atoms with E-state index in [1.165, 1.54) is 96.3 Å². The molecule has 1 saturated heterocycles. The summed E-state index contributed by atoms with van der Waals surface area (Å²) < 4.78 is 0. The zero-order chi connectivity index (χ0) is 19.0. The van der Waals surface area contributed by atoms with Gasteiger partial charge in [-0.25, -0.2) is 0 Å². The van der Waals surface area contributed by atoms with Crippen molar-refractivity contribution in [2.24, 2.45) is 5.92 Å². The quantitative estimate of drug-likeness (QED) is 0.277. The predicted octanol–water partition coefficient (Wildman–Crippen LogP) is 5.58. The number of rotatable bonds is 18. The van der Waals surface area contributed by atoms with E-state index in [0.29, 0.717) is 0 Å². The van der Waals surface area contributed by atoms with Gasteiger partial charge in [0.1, 0.15) is 0 Å². The number of hydrogen-bond acceptors (Lipinski definition) is 3. The van der Waals surface area contributed by atoms with Gasteiger partial charge < -0.3 is 15.5 Å². The van der Waals surface area contributed by atoms with Gasteiger partial charge in [-0.2, -0.15) is 0 Å². The molecule has 0 saturated carbocycles. The molecular formula is C23H47NO2. The van der Waals surface area contributed by atoms with Crippen LogP contribution < -0.4 is 5.32 Å². The summed E-state index contributed by atoms with van der Waals surface area (Å²) in [5, 5.41) is 22.0. The van der Waals surface area contributed by atoms with E-state index in [2.05, 4.69) is 19.2 Å². The van der Waals surface area contributed by atoms with Gasteiger partial charge in [0, 0.05) is 6.04 Å². The maximum absolute atomic E-state index is 9.79. The number of hydrogen-bond donors (Lipinski definition) is 3. The summed E-state index contributed by atoms with van der Waals surface area (Å²) in [5.74, 6) is 0.934. The molecular weight excluding hydrogens is 322 g/mol. The van der Waals surface area contributed by atoms with Gasteiger partial charge in [0.15, 0.2) is 0 Å². The SMILES string of the molecule is CCCCCC[C@H](C)CCCCCCCCCCC[C@@H]1N[C@@H](CO)[C@@H]1O. The van der Waals surface area contributed by atoms with Gasteiger partial charge in [-0.15, -0.1) is 0 Å². The van der Waals surface area contributed by atoms with Crippen LogP contribution in [0.25, 0.3) is 0 Å². The van der Waals surface area contributed by atoms with Crippen molar-refractivity contribution in [1.29, 1.82) is 0 Å². The van der Waals surface area contributed by atoms with Crippen molar-refractivity contribution in [3.8, 4) is 0 Å². The van der Waals surface area contributed by atoms with Gasteiger partial charge >= 0.3 is 0 Å². The maximum Gasteiger partial charge on any atom is 0.0868 e. The second kappa shape index (κ2) is 15.9. The fraction of sp³-hybridized carbons (Fsp3) is 1.00. The molecule has 1 rings (SSSR count). The Kier molecular flexibility index (Phi) is 14.6. The smallest absolute Gasteiger partial charge is 0.0868 e. The molecule has 3 nitrogen and oxygen atoms in total. The summed E-state index contributed by atoms with van der Waals surface area (Å²) in [6.07, 6.45) is 21.5. The molecule has 0 radical (unpaired) electrons. The second-order valence-electron chi connectivity index (χ2n) is 8.77. The van der Waals surface area contributed by atoms with E-state index in [4.69, 9.17) is 5.11 Å². The fourth-order valence-corrected chi connectivity index (χ4v) is 4.21. The van der Waals surface area contributed by atoms with Gasteiger partial charge in [0.2, 0.25) is 0 Å². The van der Waals surface area contributed by atoms with E-state index in [9.17, 15) is 5.11 Å². The largest absolute Gasteiger partial charge is 0.395 e. The average Bonchev–Trinajstić information content (AvgIpc) is 2.64. The molecule has 1 fully saturated rings. The molecule has 0 amide bonds. The van der Waals surface area contributed by atoms with Gasteiger partial charge in [-0.1, -0.05) is 110 Å². The number of nitrogens with one attached hydrogen (secondary N) is 1. The zero-order valence-electron chi connectivity index (χ0n) is 17.7. The summed E-state index contributed by atoms with van der Waals surface area (Å²) in [4.78, 5) is 0. The summed E-state index contributed by atoms with van der Waals surface area (Å²) in [5.41, 5.74) is 0. The molecule has 3 heteroatoms. The van der Waals surface area contributed by atoms with Crippen LogP contribution in [0, 0.1) is 5.92 Å². The Labute approximate surface area is 163 Å². The Balaban J connectivity index is 1.74. The third-order valence-corrected chi connectivity index (χ3v) is 6.21. The molecule has 3 N–H and O–H groups in total. The maximum atomic E-state index is 9.79. The Morgan fingerprint density at radius 3 is 1.73 bits per heavy atom. The van der Waals surface area contributed by atoms with Crippen molar-refractivity contribution in [3.05, 3.63) is 0 Å². The van der Waals surface area contributed by atoms with Crippen LogP contribution in [0.3, 0.4) is 0 Å². The Hall–Kier alpha value is -0.120. The molecule has 1 aliphatic heterocycles. The fourth-order valence-electron chi connectivity index (χ4n) is 4.21. The van der Waals surface area contributed by atoms with Crippen molar-refractivity contribution in [2.75, 3.05) is 6.61 Å². The third kappa shape index (κ3) is 10.9. The van der Waals surface area contributed by atoms with Crippen molar-refractivity contribution in [2.45, 2.75) is 135 Å². The van der Waals surface area contributed by atoms with Gasteiger partial charge in [-0.3, -0.25) is 0 Å². The van der Waals surface area contributed by atoms with Crippen molar-refractivity contribution in [3.63, 3.8) is 0 Å². The van der Waals surface area contributed by atoms with Crippen LogP contribution in [-0.2, 0) is 0 Å². The van der Waals surface area contributed by atoms with Crippen LogP contribution >= 0.6 is 0 Å². The van der Waals surface area contributed by atoms with Crippen LogP contribution in [0.15, 0.2) is 0 Å². The van der Waals surface area contributed by atoms with E-state index in [0.717, 1.165) is 12.3 Å². The van der Waals surface area contributed by atoms with E-state index in [1.807, 2.05) is 0 Å². The first-order valence-corrected chi connectivity index (χ1v) is 11.7. The van der Waals surface area contributed by atoms with Crippen LogP contribution in [-0.4, -0.2) is 35.0 Å². The van der Waals surface area contributed by atoms with Crippen molar-refractivity contribution in [1.82, 2.24) is 5.32 Å². The summed E-state index contributed by atoms with van der Waals surface area (Å²) in [6, 6.07) is 0.144. The molecule has 156 valence electrons. The summed E-state index contributed by atoms with van der Waals surface area (Å²) >= 11 is 0. The van der Waals surface area contributed by atoms with Crippen molar-refractivity contribution >= 4 is 0 Å². The predicted molar refractivity (Wildman–Crippen MR) is 113 cm³/mol. The Morgan fingerprint density at radius 2 is 1.23 bits per heavy atom. The summed E-state index contributed by atoms with van der Waals surface area (Å²) in [7, 11) is 0. The molecule has 1 aliphatic rings. The highest BCUT2D eigenvalue weighted by molar-refractivity contribution is 4.97. The number of aliphatic hydroxyl groups is 2. The van der Waals surface area contributed by atoms with Crippen LogP contribution in [0.5, 0.6) is 0 Å². The van der Waals surface area contributed by atoms with E-state index in [-0.39, 0.29) is 24.8 Å². The topological polar surface area (TPSA) is 52.5 Å². The third-order valence-electron chi connectivity index (χ3n) is 6.21. The molecule has 0 aromatic heterocycles. The van der Waals surface area contributed by atoms with Gasteiger partial charge in [0.05, 0.1) is 18.8 Å². The lowest BCUT2D eigenvalue weighted by molar-refractivity contribution is -0.0192. The second-order valence-corrected chi connectivity index (χ2v) is 8.77. The minimum absolute atomic E-state index is 0.0511. The first kappa shape index (κ1) is 23.9.